The molecule has 0 spiro atoms. The van der Waals surface area contributed by atoms with Gasteiger partial charge in [0.25, 0.3) is 0 Å². The molecule has 1 radical (unpaired) electrons. The predicted molar refractivity (Wildman–Crippen MR) is 53.4 cm³/mol. The van der Waals surface area contributed by atoms with Gasteiger partial charge in [-0.05, 0) is 18.1 Å². The van der Waals surface area contributed by atoms with Gasteiger partial charge in [-0.1, -0.05) is 49.7 Å². The van der Waals surface area contributed by atoms with Crippen LogP contribution in [0, 0.1) is 6.08 Å². The molecule has 0 atom stereocenters. The van der Waals surface area contributed by atoms with Crippen LogP contribution in [-0.4, -0.2) is 0 Å². The molecule has 0 saturated carbocycles. The van der Waals surface area contributed by atoms with Gasteiger partial charge in [0.15, 0.2) is 0 Å². The van der Waals surface area contributed by atoms with Crippen LogP contribution in [-0.2, 0) is 6.42 Å². The van der Waals surface area contributed by atoms with Crippen molar-refractivity contribution in [1.82, 2.24) is 0 Å². The van der Waals surface area contributed by atoms with Crippen molar-refractivity contribution < 1.29 is 0 Å². The number of rotatable bonds is 3. The molecule has 12 heavy (non-hydrogen) atoms. The molecule has 1 rings (SSSR count). The highest BCUT2D eigenvalue weighted by atomic mass is 35.5. The Morgan fingerprint density at radius 1 is 1.50 bits per heavy atom. The number of benzene rings is 1. The Morgan fingerprint density at radius 3 is 2.83 bits per heavy atom. The van der Waals surface area contributed by atoms with E-state index in [0.717, 1.165) is 23.4 Å². The monoisotopic (exact) mass is 179 g/mol. The van der Waals surface area contributed by atoms with E-state index >= 15 is 0 Å². The summed E-state index contributed by atoms with van der Waals surface area (Å²) < 4.78 is 0. The lowest BCUT2D eigenvalue weighted by Gasteiger charge is -2.04. The molecule has 1 heteroatoms. The summed E-state index contributed by atoms with van der Waals surface area (Å²) in [5, 5.41) is 0.800. The van der Waals surface area contributed by atoms with Gasteiger partial charge in [-0.25, -0.2) is 0 Å². The van der Waals surface area contributed by atoms with Crippen LogP contribution in [0.15, 0.2) is 24.8 Å². The molecule has 0 fully saturated rings. The van der Waals surface area contributed by atoms with E-state index in [1.54, 1.807) is 0 Å². The van der Waals surface area contributed by atoms with Crippen LogP contribution in [0.4, 0.5) is 0 Å². The Kier molecular flexibility index (Phi) is 3.36. The molecule has 63 valence electrons. The second-order valence-corrected chi connectivity index (χ2v) is 3.08. The van der Waals surface area contributed by atoms with Gasteiger partial charge in [0, 0.05) is 5.56 Å². The van der Waals surface area contributed by atoms with Crippen LogP contribution < -0.4 is 0 Å². The summed E-state index contributed by atoms with van der Waals surface area (Å²) >= 11 is 6.09. The standard InChI is InChI=1S/C11H12Cl/c1-3-6-10-8-5-7-9(4-2)11(10)12/h5,7-8H,2-3,6H2,1H3. The first-order chi connectivity index (χ1) is 5.79. The zero-order valence-electron chi connectivity index (χ0n) is 7.23. The molecule has 0 N–H and O–H groups in total. The van der Waals surface area contributed by atoms with Crippen molar-refractivity contribution in [2.24, 2.45) is 0 Å². The normalized spacial score (nSPS) is 9.83. The van der Waals surface area contributed by atoms with Crippen molar-refractivity contribution in [2.45, 2.75) is 19.8 Å². The summed E-state index contributed by atoms with van der Waals surface area (Å²) in [6.45, 7) is 5.72. The number of hydrogen-bond acceptors (Lipinski definition) is 0. The van der Waals surface area contributed by atoms with Crippen LogP contribution in [0.5, 0.6) is 0 Å². The maximum atomic E-state index is 6.09. The smallest absolute Gasteiger partial charge is 0.0516 e. The molecule has 0 aliphatic carbocycles. The predicted octanol–water partition coefficient (Wildman–Crippen LogP) is 3.63. The number of halogens is 1. The van der Waals surface area contributed by atoms with E-state index in [4.69, 9.17) is 11.6 Å². The van der Waals surface area contributed by atoms with Gasteiger partial charge >= 0.3 is 0 Å². The minimum Gasteiger partial charge on any atom is -0.0905 e. The molecule has 1 aromatic carbocycles. The van der Waals surface area contributed by atoms with Crippen molar-refractivity contribution in [2.75, 3.05) is 0 Å². The van der Waals surface area contributed by atoms with E-state index < -0.39 is 0 Å². The summed E-state index contributed by atoms with van der Waals surface area (Å²) in [7, 11) is 0. The van der Waals surface area contributed by atoms with Gasteiger partial charge in [-0.3, -0.25) is 0 Å². The van der Waals surface area contributed by atoms with Crippen LogP contribution in [0.2, 0.25) is 5.02 Å². The molecule has 1 aromatic rings. The first-order valence-corrected chi connectivity index (χ1v) is 4.48. The van der Waals surface area contributed by atoms with E-state index in [1.807, 2.05) is 18.2 Å². The second-order valence-electron chi connectivity index (χ2n) is 2.71. The largest absolute Gasteiger partial charge is 0.0905 e. The zero-order chi connectivity index (χ0) is 8.97. The highest BCUT2D eigenvalue weighted by molar-refractivity contribution is 6.32. The maximum absolute atomic E-state index is 6.09. The quantitative estimate of drug-likeness (QED) is 0.665. The Balaban J connectivity index is 3.04. The third-order valence-corrected chi connectivity index (χ3v) is 2.23. The van der Waals surface area contributed by atoms with Crippen molar-refractivity contribution in [3.8, 4) is 0 Å². The molecule has 0 unspecified atom stereocenters. The molecule has 0 nitrogen and oxygen atoms in total. The van der Waals surface area contributed by atoms with Crippen molar-refractivity contribution in [1.29, 1.82) is 0 Å². The Morgan fingerprint density at radius 2 is 2.25 bits per heavy atom. The minimum absolute atomic E-state index is 0.800. The van der Waals surface area contributed by atoms with Gasteiger partial charge in [-0.2, -0.15) is 0 Å². The topological polar surface area (TPSA) is 0 Å². The lowest BCUT2D eigenvalue weighted by Crippen LogP contribution is -1.87. The van der Waals surface area contributed by atoms with Gasteiger partial charge in [0.2, 0.25) is 0 Å². The van der Waals surface area contributed by atoms with Crippen molar-refractivity contribution in [3.05, 3.63) is 47.0 Å². The summed E-state index contributed by atoms with van der Waals surface area (Å²) in [6, 6.07) is 5.96. The Bertz CT molecular complexity index is 276. The Labute approximate surface area is 78.9 Å². The summed E-state index contributed by atoms with van der Waals surface area (Å²) in [5.41, 5.74) is 2.09. The molecular formula is C11H12Cl. The lowest BCUT2D eigenvalue weighted by molar-refractivity contribution is 0.921. The molecular weight excluding hydrogens is 168 g/mol. The fourth-order valence-corrected chi connectivity index (χ4v) is 1.47. The molecule has 0 aliphatic rings. The molecule has 0 heterocycles. The van der Waals surface area contributed by atoms with E-state index in [9.17, 15) is 0 Å². The van der Waals surface area contributed by atoms with E-state index in [0.29, 0.717) is 0 Å². The van der Waals surface area contributed by atoms with E-state index in [1.165, 1.54) is 5.56 Å². The van der Waals surface area contributed by atoms with Crippen LogP contribution >= 0.6 is 11.6 Å². The highest BCUT2D eigenvalue weighted by Crippen LogP contribution is 2.21. The van der Waals surface area contributed by atoms with Gasteiger partial charge in [0.05, 0.1) is 5.02 Å². The minimum atomic E-state index is 0.800. The third kappa shape index (κ3) is 1.89. The first-order valence-electron chi connectivity index (χ1n) is 4.10. The Hall–Kier alpha value is -0.750. The van der Waals surface area contributed by atoms with Crippen LogP contribution in [0.25, 0.3) is 0 Å². The first kappa shape index (κ1) is 9.34. The summed E-state index contributed by atoms with van der Waals surface area (Å²) in [6.07, 6.45) is 4.95. The summed E-state index contributed by atoms with van der Waals surface area (Å²) in [4.78, 5) is 0. The SMILES string of the molecule is C=[C]c1cccc(CCC)c1Cl. The third-order valence-electron chi connectivity index (χ3n) is 1.79. The zero-order valence-corrected chi connectivity index (χ0v) is 7.99. The van der Waals surface area contributed by atoms with Crippen LogP contribution in [0.3, 0.4) is 0 Å². The second kappa shape index (κ2) is 4.32. The number of aryl methyl sites for hydroxylation is 1. The maximum Gasteiger partial charge on any atom is 0.0516 e. The molecule has 0 aromatic heterocycles. The van der Waals surface area contributed by atoms with Gasteiger partial charge in [-0.15, -0.1) is 0 Å². The highest BCUT2D eigenvalue weighted by Gasteiger charge is 2.01. The van der Waals surface area contributed by atoms with E-state index in [-0.39, 0.29) is 0 Å². The van der Waals surface area contributed by atoms with Crippen molar-refractivity contribution >= 4 is 11.6 Å². The molecule has 0 bridgehead atoms. The summed E-state index contributed by atoms with van der Waals surface area (Å²) in [5.74, 6) is 0. The van der Waals surface area contributed by atoms with E-state index in [2.05, 4.69) is 19.6 Å². The molecule has 0 saturated heterocycles. The average Bonchev–Trinajstić information content (AvgIpc) is 2.09. The van der Waals surface area contributed by atoms with Gasteiger partial charge < -0.3 is 0 Å². The number of hydrogen-bond donors (Lipinski definition) is 0. The molecule has 0 aliphatic heterocycles. The fraction of sp³-hybridized carbons (Fsp3) is 0.273. The van der Waals surface area contributed by atoms with Gasteiger partial charge in [0.1, 0.15) is 0 Å². The lowest BCUT2D eigenvalue weighted by atomic mass is 10.1. The fourth-order valence-electron chi connectivity index (χ4n) is 1.18. The average molecular weight is 180 g/mol. The van der Waals surface area contributed by atoms with Crippen LogP contribution in [0.1, 0.15) is 24.5 Å². The molecule has 0 amide bonds. The van der Waals surface area contributed by atoms with Crippen molar-refractivity contribution in [3.63, 3.8) is 0 Å².